The first-order valence-electron chi connectivity index (χ1n) is 16.7. The van der Waals surface area contributed by atoms with Crippen LogP contribution in [0.4, 0.5) is 0 Å². The SMILES string of the molecule is COOCc1ccc(C=NC2CCC(C(C)(C)C)CC2)cc1.COOCc1ccc(CNC2CCC(C(C)(C)C)CC2)cc1. The molecule has 0 aliphatic heterocycles. The fraction of sp³-hybridized carbons (Fsp3) is 0.658. The molecule has 0 amide bonds. The standard InChI is InChI=1S/C19H31NO2.C19H29NO2/c2*1-19(2,3)17-9-11-18(12-10-17)20-13-15-5-7-16(8-6-15)14-22-21-4/h5-8,17-18,20H,9-14H2,1-4H3;5-8,13,17-18H,9-12,14H2,1-4H3. The molecular weight excluding hydrogens is 548 g/mol. The third-order valence-corrected chi connectivity index (χ3v) is 9.59. The molecule has 2 fully saturated rings. The van der Waals surface area contributed by atoms with Gasteiger partial charge in [-0.1, -0.05) is 90.1 Å². The number of benzene rings is 2. The Hall–Kier alpha value is -2.09. The number of hydrogen-bond acceptors (Lipinski definition) is 6. The van der Waals surface area contributed by atoms with Crippen molar-refractivity contribution < 1.29 is 19.6 Å². The van der Waals surface area contributed by atoms with Gasteiger partial charge in [-0.3, -0.25) is 4.99 Å². The van der Waals surface area contributed by atoms with E-state index in [1.54, 1.807) is 0 Å². The molecular formula is C38H60N2O4. The molecule has 2 saturated carbocycles. The second-order valence-corrected chi connectivity index (χ2v) is 14.9. The van der Waals surface area contributed by atoms with Crippen LogP contribution in [0.2, 0.25) is 0 Å². The maximum absolute atomic E-state index is 4.94. The zero-order valence-electron chi connectivity index (χ0n) is 28.9. The van der Waals surface area contributed by atoms with Gasteiger partial charge in [0, 0.05) is 24.8 Å². The fourth-order valence-electron chi connectivity index (χ4n) is 6.42. The molecule has 0 radical (unpaired) electrons. The predicted molar refractivity (Wildman–Crippen MR) is 181 cm³/mol. The summed E-state index contributed by atoms with van der Waals surface area (Å²) in [5, 5.41) is 3.72. The van der Waals surface area contributed by atoms with E-state index >= 15 is 0 Å². The van der Waals surface area contributed by atoms with Crippen molar-refractivity contribution in [3.05, 3.63) is 70.8 Å². The fourth-order valence-corrected chi connectivity index (χ4v) is 6.42. The highest BCUT2D eigenvalue weighted by Crippen LogP contribution is 2.39. The minimum atomic E-state index is 0.439. The second kappa shape index (κ2) is 18.2. The molecule has 0 atom stereocenters. The lowest BCUT2D eigenvalue weighted by Gasteiger charge is -2.37. The Morgan fingerprint density at radius 3 is 1.52 bits per heavy atom. The van der Waals surface area contributed by atoms with Gasteiger partial charge in [-0.2, -0.15) is 0 Å². The number of nitrogens with one attached hydrogen (secondary N) is 1. The van der Waals surface area contributed by atoms with Crippen LogP contribution in [-0.4, -0.2) is 32.5 Å². The molecule has 2 aromatic rings. The first kappa shape index (κ1) is 36.4. The average Bonchev–Trinajstić information content (AvgIpc) is 3.01. The molecule has 246 valence electrons. The molecule has 0 heterocycles. The van der Waals surface area contributed by atoms with Crippen molar-refractivity contribution in [2.24, 2.45) is 27.7 Å². The van der Waals surface area contributed by atoms with Gasteiger partial charge >= 0.3 is 0 Å². The Labute approximate surface area is 268 Å². The minimum Gasteiger partial charge on any atom is -0.310 e. The van der Waals surface area contributed by atoms with Crippen molar-refractivity contribution in [1.82, 2.24) is 5.32 Å². The minimum absolute atomic E-state index is 0.439. The largest absolute Gasteiger partial charge is 0.310 e. The lowest BCUT2D eigenvalue weighted by atomic mass is 9.71. The summed E-state index contributed by atoms with van der Waals surface area (Å²) >= 11 is 0. The van der Waals surface area contributed by atoms with Gasteiger partial charge < -0.3 is 5.32 Å². The molecule has 2 aliphatic carbocycles. The average molecular weight is 609 g/mol. The number of aliphatic imine (C=N–C) groups is 1. The smallest absolute Gasteiger partial charge is 0.107 e. The summed E-state index contributed by atoms with van der Waals surface area (Å²) in [4.78, 5) is 23.9. The summed E-state index contributed by atoms with van der Waals surface area (Å²) in [5.74, 6) is 1.73. The van der Waals surface area contributed by atoms with E-state index in [0.717, 1.165) is 35.1 Å². The van der Waals surface area contributed by atoms with Crippen LogP contribution >= 0.6 is 0 Å². The summed E-state index contributed by atoms with van der Waals surface area (Å²) in [6, 6.07) is 18.0. The maximum Gasteiger partial charge on any atom is 0.107 e. The van der Waals surface area contributed by atoms with E-state index < -0.39 is 0 Å². The number of hydrogen-bond donors (Lipinski definition) is 1. The molecule has 6 heteroatoms. The molecule has 44 heavy (non-hydrogen) atoms. The van der Waals surface area contributed by atoms with E-state index in [1.165, 1.54) is 71.1 Å². The molecule has 0 saturated heterocycles. The van der Waals surface area contributed by atoms with Crippen molar-refractivity contribution in [3.63, 3.8) is 0 Å². The van der Waals surface area contributed by atoms with Gasteiger partial charge in [0.1, 0.15) is 13.2 Å². The molecule has 2 aromatic carbocycles. The molecule has 6 nitrogen and oxygen atoms in total. The predicted octanol–water partition coefficient (Wildman–Crippen LogP) is 9.25. The van der Waals surface area contributed by atoms with Crippen LogP contribution in [0.5, 0.6) is 0 Å². The van der Waals surface area contributed by atoms with Crippen molar-refractivity contribution >= 4 is 6.21 Å². The Morgan fingerprint density at radius 2 is 1.07 bits per heavy atom. The third kappa shape index (κ3) is 13.1. The third-order valence-electron chi connectivity index (χ3n) is 9.59. The molecule has 0 unspecified atom stereocenters. The van der Waals surface area contributed by atoms with E-state index in [4.69, 9.17) is 14.8 Å². The normalized spacial score (nSPS) is 22.9. The summed E-state index contributed by atoms with van der Waals surface area (Å²) in [7, 11) is 3.06. The van der Waals surface area contributed by atoms with Crippen molar-refractivity contribution in [3.8, 4) is 0 Å². The lowest BCUT2D eigenvalue weighted by Crippen LogP contribution is -2.35. The molecule has 0 spiro atoms. The highest BCUT2D eigenvalue weighted by molar-refractivity contribution is 5.79. The van der Waals surface area contributed by atoms with Crippen LogP contribution in [0.25, 0.3) is 0 Å². The van der Waals surface area contributed by atoms with E-state index in [-0.39, 0.29) is 0 Å². The topological polar surface area (TPSA) is 61.3 Å². The van der Waals surface area contributed by atoms with E-state index in [9.17, 15) is 0 Å². The summed E-state index contributed by atoms with van der Waals surface area (Å²) < 4.78 is 0. The van der Waals surface area contributed by atoms with Gasteiger partial charge in [-0.15, -0.1) is 0 Å². The zero-order chi connectivity index (χ0) is 32.0. The molecule has 1 N–H and O–H groups in total. The van der Waals surface area contributed by atoms with Crippen LogP contribution in [0.1, 0.15) is 115 Å². The van der Waals surface area contributed by atoms with Crippen LogP contribution < -0.4 is 5.32 Å². The summed E-state index contributed by atoms with van der Waals surface area (Å²) in [5.41, 5.74) is 5.62. The van der Waals surface area contributed by atoms with Gasteiger partial charge in [0.05, 0.1) is 14.2 Å². The highest BCUT2D eigenvalue weighted by atomic mass is 17.2. The lowest BCUT2D eigenvalue weighted by molar-refractivity contribution is -0.282. The van der Waals surface area contributed by atoms with Gasteiger partial charge in [-0.05, 0) is 96.3 Å². The van der Waals surface area contributed by atoms with Gasteiger partial charge in [0.2, 0.25) is 0 Å². The summed E-state index contributed by atoms with van der Waals surface area (Å²) in [6.07, 6.45) is 12.4. The zero-order valence-corrected chi connectivity index (χ0v) is 28.9. The van der Waals surface area contributed by atoms with Crippen molar-refractivity contribution in [1.29, 1.82) is 0 Å². The summed E-state index contributed by atoms with van der Waals surface area (Å²) in [6.45, 7) is 16.1. The second-order valence-electron chi connectivity index (χ2n) is 14.9. The van der Waals surface area contributed by atoms with Gasteiger partial charge in [-0.25, -0.2) is 19.6 Å². The molecule has 0 aromatic heterocycles. The van der Waals surface area contributed by atoms with Crippen LogP contribution in [0.15, 0.2) is 53.5 Å². The van der Waals surface area contributed by atoms with Crippen LogP contribution in [-0.2, 0) is 39.3 Å². The Morgan fingerprint density at radius 1 is 0.636 bits per heavy atom. The van der Waals surface area contributed by atoms with E-state index in [1.807, 2.05) is 6.21 Å². The quantitative estimate of drug-likeness (QED) is 0.157. The first-order chi connectivity index (χ1) is 21.0. The molecule has 0 bridgehead atoms. The van der Waals surface area contributed by atoms with Gasteiger partial charge in [0.15, 0.2) is 0 Å². The van der Waals surface area contributed by atoms with Crippen molar-refractivity contribution in [2.75, 3.05) is 14.2 Å². The highest BCUT2D eigenvalue weighted by Gasteiger charge is 2.30. The van der Waals surface area contributed by atoms with Crippen LogP contribution in [0.3, 0.4) is 0 Å². The van der Waals surface area contributed by atoms with Gasteiger partial charge in [0.25, 0.3) is 0 Å². The Balaban J connectivity index is 0.000000240. The van der Waals surface area contributed by atoms with Crippen LogP contribution in [0, 0.1) is 22.7 Å². The monoisotopic (exact) mass is 608 g/mol. The Kier molecular flexibility index (Phi) is 15.0. The first-order valence-corrected chi connectivity index (χ1v) is 16.7. The number of rotatable bonds is 11. The molecule has 4 rings (SSSR count). The van der Waals surface area contributed by atoms with E-state index in [2.05, 4.69) is 105 Å². The number of nitrogens with zero attached hydrogens (tertiary/aromatic N) is 1. The maximum atomic E-state index is 4.94. The van der Waals surface area contributed by atoms with E-state index in [0.29, 0.717) is 36.1 Å². The van der Waals surface area contributed by atoms with Crippen molar-refractivity contribution in [2.45, 2.75) is 125 Å². The molecule has 2 aliphatic rings. The Bertz CT molecular complexity index is 1070.